The van der Waals surface area contributed by atoms with Crippen LogP contribution in [-0.2, 0) is 6.42 Å². The van der Waals surface area contributed by atoms with E-state index in [1.54, 1.807) is 0 Å². The SMILES string of the molecule is CCNC(=NCC(C)Cc1cccs1)NCCCCNc1ccccn1. The summed E-state index contributed by atoms with van der Waals surface area (Å²) >= 11 is 1.83. The Bertz CT molecular complexity index is 612. The zero-order valence-electron chi connectivity index (χ0n) is 15.9. The molecular weight excluding hydrogens is 342 g/mol. The highest BCUT2D eigenvalue weighted by Gasteiger charge is 2.05. The number of guanidine groups is 1. The number of aliphatic imine (C=N–C) groups is 1. The van der Waals surface area contributed by atoms with E-state index in [-0.39, 0.29) is 0 Å². The predicted molar refractivity (Wildman–Crippen MR) is 113 cm³/mol. The summed E-state index contributed by atoms with van der Waals surface area (Å²) in [6, 6.07) is 10.2. The van der Waals surface area contributed by atoms with E-state index in [0.717, 1.165) is 57.2 Å². The van der Waals surface area contributed by atoms with Gasteiger partial charge in [0, 0.05) is 37.3 Å². The van der Waals surface area contributed by atoms with Crippen molar-refractivity contribution in [2.24, 2.45) is 10.9 Å². The van der Waals surface area contributed by atoms with E-state index in [2.05, 4.69) is 52.3 Å². The highest BCUT2D eigenvalue weighted by Crippen LogP contribution is 2.14. The largest absolute Gasteiger partial charge is 0.370 e. The fourth-order valence-corrected chi connectivity index (χ4v) is 3.44. The van der Waals surface area contributed by atoms with Gasteiger partial charge in [0.15, 0.2) is 5.96 Å². The number of nitrogens with one attached hydrogen (secondary N) is 3. The van der Waals surface area contributed by atoms with Crippen LogP contribution in [0.3, 0.4) is 0 Å². The van der Waals surface area contributed by atoms with Crippen LogP contribution in [0.2, 0.25) is 0 Å². The van der Waals surface area contributed by atoms with Crippen LogP contribution in [0.1, 0.15) is 31.6 Å². The van der Waals surface area contributed by atoms with Gasteiger partial charge in [-0.2, -0.15) is 0 Å². The molecule has 2 heterocycles. The Morgan fingerprint density at radius 3 is 2.77 bits per heavy atom. The molecule has 0 aliphatic carbocycles. The van der Waals surface area contributed by atoms with Crippen LogP contribution in [0.5, 0.6) is 0 Å². The molecule has 0 aliphatic heterocycles. The van der Waals surface area contributed by atoms with Crippen molar-refractivity contribution in [1.29, 1.82) is 0 Å². The molecule has 0 saturated heterocycles. The van der Waals surface area contributed by atoms with Gasteiger partial charge >= 0.3 is 0 Å². The van der Waals surface area contributed by atoms with Crippen molar-refractivity contribution in [1.82, 2.24) is 15.6 Å². The molecule has 0 saturated carbocycles. The number of rotatable bonds is 11. The molecular formula is C20H31N5S. The first-order valence-electron chi connectivity index (χ1n) is 9.47. The molecule has 2 rings (SSSR count). The van der Waals surface area contributed by atoms with Gasteiger partial charge in [-0.1, -0.05) is 19.1 Å². The summed E-state index contributed by atoms with van der Waals surface area (Å²) in [4.78, 5) is 10.4. The monoisotopic (exact) mass is 373 g/mol. The second kappa shape index (κ2) is 12.3. The molecule has 142 valence electrons. The molecule has 0 amide bonds. The highest BCUT2D eigenvalue weighted by molar-refractivity contribution is 7.09. The van der Waals surface area contributed by atoms with Crippen LogP contribution in [0.4, 0.5) is 5.82 Å². The van der Waals surface area contributed by atoms with Crippen LogP contribution < -0.4 is 16.0 Å². The molecule has 5 nitrogen and oxygen atoms in total. The van der Waals surface area contributed by atoms with Crippen molar-refractivity contribution >= 4 is 23.1 Å². The summed E-state index contributed by atoms with van der Waals surface area (Å²) in [5, 5.41) is 12.2. The van der Waals surface area contributed by atoms with Crippen molar-refractivity contribution in [3.8, 4) is 0 Å². The lowest BCUT2D eigenvalue weighted by molar-refractivity contribution is 0.594. The Labute approximate surface area is 161 Å². The summed E-state index contributed by atoms with van der Waals surface area (Å²) < 4.78 is 0. The number of unbranched alkanes of at least 4 members (excludes halogenated alkanes) is 1. The maximum Gasteiger partial charge on any atom is 0.191 e. The van der Waals surface area contributed by atoms with Gasteiger partial charge in [0.25, 0.3) is 0 Å². The van der Waals surface area contributed by atoms with E-state index >= 15 is 0 Å². The third kappa shape index (κ3) is 8.34. The van der Waals surface area contributed by atoms with E-state index in [9.17, 15) is 0 Å². The number of pyridine rings is 1. The summed E-state index contributed by atoms with van der Waals surface area (Å²) in [6.07, 6.45) is 5.09. The van der Waals surface area contributed by atoms with Gasteiger partial charge in [-0.25, -0.2) is 4.98 Å². The normalized spacial score (nSPS) is 12.6. The Balaban J connectivity index is 1.61. The topological polar surface area (TPSA) is 61.3 Å². The minimum atomic E-state index is 0.548. The second-order valence-electron chi connectivity index (χ2n) is 6.38. The lowest BCUT2D eigenvalue weighted by atomic mass is 10.1. The van der Waals surface area contributed by atoms with Gasteiger partial charge in [-0.05, 0) is 55.7 Å². The van der Waals surface area contributed by atoms with Crippen LogP contribution in [0.15, 0.2) is 46.9 Å². The smallest absolute Gasteiger partial charge is 0.191 e. The van der Waals surface area contributed by atoms with Gasteiger partial charge in [0.1, 0.15) is 5.82 Å². The van der Waals surface area contributed by atoms with E-state index in [0.29, 0.717) is 5.92 Å². The van der Waals surface area contributed by atoms with E-state index < -0.39 is 0 Å². The summed E-state index contributed by atoms with van der Waals surface area (Å²) in [5.74, 6) is 2.41. The lowest BCUT2D eigenvalue weighted by Crippen LogP contribution is -2.38. The number of nitrogens with zero attached hydrogens (tertiary/aromatic N) is 2. The maximum absolute atomic E-state index is 4.73. The first-order chi connectivity index (χ1) is 12.8. The van der Waals surface area contributed by atoms with Crippen LogP contribution >= 0.6 is 11.3 Å². The molecule has 0 radical (unpaired) electrons. The zero-order valence-corrected chi connectivity index (χ0v) is 16.7. The van der Waals surface area contributed by atoms with Crippen molar-refractivity contribution in [2.45, 2.75) is 33.1 Å². The molecule has 1 atom stereocenters. The lowest BCUT2D eigenvalue weighted by Gasteiger charge is -2.13. The summed E-state index contributed by atoms with van der Waals surface area (Å²) in [7, 11) is 0. The van der Waals surface area contributed by atoms with Crippen LogP contribution in [0, 0.1) is 5.92 Å². The van der Waals surface area contributed by atoms with Gasteiger partial charge < -0.3 is 16.0 Å². The van der Waals surface area contributed by atoms with Crippen molar-refractivity contribution in [3.63, 3.8) is 0 Å². The number of aromatic nitrogens is 1. The molecule has 0 bridgehead atoms. The average molecular weight is 374 g/mol. The average Bonchev–Trinajstić information content (AvgIpc) is 3.16. The number of anilines is 1. The Hall–Kier alpha value is -2.08. The van der Waals surface area contributed by atoms with Gasteiger partial charge in [0.2, 0.25) is 0 Å². The zero-order chi connectivity index (χ0) is 18.5. The van der Waals surface area contributed by atoms with Gasteiger partial charge in [-0.15, -0.1) is 11.3 Å². The fraction of sp³-hybridized carbons (Fsp3) is 0.500. The number of thiophene rings is 1. The molecule has 0 aromatic carbocycles. The Kier molecular flexibility index (Phi) is 9.57. The molecule has 0 fully saturated rings. The van der Waals surface area contributed by atoms with E-state index in [1.165, 1.54) is 4.88 Å². The van der Waals surface area contributed by atoms with Gasteiger partial charge in [0.05, 0.1) is 0 Å². The quantitative estimate of drug-likeness (QED) is 0.319. The molecule has 6 heteroatoms. The molecule has 0 aliphatic rings. The molecule has 2 aromatic rings. The third-order valence-corrected chi connectivity index (χ3v) is 4.80. The summed E-state index contributed by atoms with van der Waals surface area (Å²) in [5.41, 5.74) is 0. The highest BCUT2D eigenvalue weighted by atomic mass is 32.1. The maximum atomic E-state index is 4.73. The first kappa shape index (κ1) is 20.2. The minimum absolute atomic E-state index is 0.548. The first-order valence-corrected chi connectivity index (χ1v) is 10.4. The van der Waals surface area contributed by atoms with Gasteiger partial charge in [-0.3, -0.25) is 4.99 Å². The molecule has 3 N–H and O–H groups in total. The van der Waals surface area contributed by atoms with E-state index in [1.807, 2.05) is 35.7 Å². The fourth-order valence-electron chi connectivity index (χ4n) is 2.57. The number of hydrogen-bond donors (Lipinski definition) is 3. The van der Waals surface area contributed by atoms with Crippen molar-refractivity contribution < 1.29 is 0 Å². The molecule has 0 spiro atoms. The molecule has 2 aromatic heterocycles. The standard InChI is InChI=1S/C20H31N5S/c1-3-21-20(25-16-17(2)15-18-9-8-14-26-18)24-13-7-6-12-23-19-10-4-5-11-22-19/h4-5,8-11,14,17H,3,6-7,12-13,15-16H2,1-2H3,(H,22,23)(H2,21,24,25). The van der Waals surface area contributed by atoms with Crippen molar-refractivity contribution in [3.05, 3.63) is 46.8 Å². The molecule has 26 heavy (non-hydrogen) atoms. The predicted octanol–water partition coefficient (Wildman–Crippen LogP) is 3.77. The second-order valence-corrected chi connectivity index (χ2v) is 7.42. The van der Waals surface area contributed by atoms with E-state index in [4.69, 9.17) is 4.99 Å². The Morgan fingerprint density at radius 1 is 1.15 bits per heavy atom. The Morgan fingerprint density at radius 2 is 2.04 bits per heavy atom. The third-order valence-electron chi connectivity index (χ3n) is 3.90. The minimum Gasteiger partial charge on any atom is -0.370 e. The van der Waals surface area contributed by atoms with Crippen LogP contribution in [-0.4, -0.2) is 37.1 Å². The van der Waals surface area contributed by atoms with Crippen LogP contribution in [0.25, 0.3) is 0 Å². The van der Waals surface area contributed by atoms with Crippen molar-refractivity contribution in [2.75, 3.05) is 31.5 Å². The number of hydrogen-bond acceptors (Lipinski definition) is 4. The summed E-state index contributed by atoms with van der Waals surface area (Å²) in [6.45, 7) is 7.94. The molecule has 1 unspecified atom stereocenters.